The highest BCUT2D eigenvalue weighted by Gasteiger charge is 2.22. The molecule has 4 rings (SSSR count). The van der Waals surface area contributed by atoms with Crippen LogP contribution in [-0.4, -0.2) is 33.8 Å². The van der Waals surface area contributed by atoms with Crippen molar-refractivity contribution in [2.75, 3.05) is 24.2 Å². The molecule has 1 aliphatic carbocycles. The predicted octanol–water partition coefficient (Wildman–Crippen LogP) is 3.90. The zero-order chi connectivity index (χ0) is 19.7. The van der Waals surface area contributed by atoms with Crippen molar-refractivity contribution in [1.82, 2.24) is 5.32 Å². The number of sulfone groups is 1. The average molecular weight is 399 g/mol. The van der Waals surface area contributed by atoms with Gasteiger partial charge in [0.25, 0.3) is 0 Å². The van der Waals surface area contributed by atoms with Crippen molar-refractivity contribution < 1.29 is 8.42 Å². The van der Waals surface area contributed by atoms with Crippen LogP contribution < -0.4 is 10.2 Å². The quantitative estimate of drug-likeness (QED) is 0.830. The molecular weight excluding hydrogens is 368 g/mol. The van der Waals surface area contributed by atoms with Crippen LogP contribution in [0.3, 0.4) is 0 Å². The van der Waals surface area contributed by atoms with Crippen LogP contribution in [0.4, 0.5) is 5.69 Å². The number of nitrogens with zero attached hydrogens (tertiary/aromatic N) is 1. The van der Waals surface area contributed by atoms with Gasteiger partial charge in [-0.25, -0.2) is 8.42 Å². The van der Waals surface area contributed by atoms with E-state index in [0.717, 1.165) is 31.5 Å². The van der Waals surface area contributed by atoms with Crippen molar-refractivity contribution in [2.24, 2.45) is 0 Å². The summed E-state index contributed by atoms with van der Waals surface area (Å²) in [7, 11) is -3.13. The van der Waals surface area contributed by atoms with E-state index in [1.165, 1.54) is 36.8 Å². The van der Waals surface area contributed by atoms with Crippen LogP contribution in [0.2, 0.25) is 0 Å². The summed E-state index contributed by atoms with van der Waals surface area (Å²) in [6.07, 6.45) is 7.28. The van der Waals surface area contributed by atoms with Crippen molar-refractivity contribution in [3.8, 4) is 0 Å². The van der Waals surface area contributed by atoms with Crippen LogP contribution in [0.25, 0.3) is 0 Å². The standard InChI is InChI=1S/C23H30N2O2S/c1-17(18-7-10-23(11-8-18)28(2,26)27)24-21-12-14-25(15-13-21)22-9-6-19-4-3-5-20(19)16-22/h6-11,16-17,21,24H,3-5,12-15H2,1-2H3. The normalized spacial score (nSPS) is 18.9. The minimum atomic E-state index is -3.13. The second-order valence-corrected chi connectivity index (χ2v) is 10.3. The van der Waals surface area contributed by atoms with Crippen molar-refractivity contribution in [3.63, 3.8) is 0 Å². The van der Waals surface area contributed by atoms with E-state index in [1.54, 1.807) is 17.7 Å². The first-order valence-electron chi connectivity index (χ1n) is 10.3. The molecule has 0 radical (unpaired) electrons. The fraction of sp³-hybridized carbons (Fsp3) is 0.478. The van der Waals surface area contributed by atoms with Gasteiger partial charge in [0.05, 0.1) is 4.90 Å². The average Bonchev–Trinajstić information content (AvgIpc) is 3.16. The number of benzene rings is 2. The smallest absolute Gasteiger partial charge is 0.175 e. The van der Waals surface area contributed by atoms with Crippen LogP contribution in [0.5, 0.6) is 0 Å². The minimum Gasteiger partial charge on any atom is -0.371 e. The zero-order valence-electron chi connectivity index (χ0n) is 16.8. The van der Waals surface area contributed by atoms with Gasteiger partial charge >= 0.3 is 0 Å². The van der Waals surface area contributed by atoms with E-state index in [4.69, 9.17) is 0 Å². The van der Waals surface area contributed by atoms with Gasteiger partial charge in [-0.15, -0.1) is 0 Å². The third-order valence-corrected chi connectivity index (χ3v) is 7.36. The van der Waals surface area contributed by atoms with E-state index in [1.807, 2.05) is 12.1 Å². The molecule has 2 aromatic rings. The topological polar surface area (TPSA) is 49.4 Å². The molecular formula is C23H30N2O2S. The number of nitrogens with one attached hydrogen (secondary N) is 1. The van der Waals surface area contributed by atoms with Crippen molar-refractivity contribution in [3.05, 3.63) is 59.2 Å². The number of anilines is 1. The van der Waals surface area contributed by atoms with E-state index in [2.05, 4.69) is 35.3 Å². The fourth-order valence-electron chi connectivity index (χ4n) is 4.51. The summed E-state index contributed by atoms with van der Waals surface area (Å²) in [5, 5.41) is 3.73. The number of aryl methyl sites for hydroxylation is 2. The van der Waals surface area contributed by atoms with Crippen LogP contribution >= 0.6 is 0 Å². The molecule has 2 aromatic carbocycles. The number of hydrogen-bond donors (Lipinski definition) is 1. The highest BCUT2D eigenvalue weighted by Crippen LogP contribution is 2.29. The fourth-order valence-corrected chi connectivity index (χ4v) is 5.14. The Kier molecular flexibility index (Phi) is 5.48. The zero-order valence-corrected chi connectivity index (χ0v) is 17.6. The SMILES string of the molecule is CC(NC1CCN(c2ccc3c(c2)CCC3)CC1)c1ccc(S(C)(=O)=O)cc1. The maximum atomic E-state index is 11.6. The van der Waals surface area contributed by atoms with Gasteiger partial charge in [-0.2, -0.15) is 0 Å². The first-order valence-corrected chi connectivity index (χ1v) is 12.2. The molecule has 150 valence electrons. The molecule has 0 spiro atoms. The molecule has 1 atom stereocenters. The van der Waals surface area contributed by atoms with E-state index in [9.17, 15) is 8.42 Å². The van der Waals surface area contributed by atoms with Gasteiger partial charge in [0.15, 0.2) is 9.84 Å². The largest absolute Gasteiger partial charge is 0.371 e. The summed E-state index contributed by atoms with van der Waals surface area (Å²) in [5.41, 5.74) is 5.59. The monoisotopic (exact) mass is 398 g/mol. The molecule has 1 unspecified atom stereocenters. The molecule has 4 nitrogen and oxygen atoms in total. The van der Waals surface area contributed by atoms with Gasteiger partial charge < -0.3 is 10.2 Å². The van der Waals surface area contributed by atoms with E-state index < -0.39 is 9.84 Å². The van der Waals surface area contributed by atoms with Gasteiger partial charge in [0.2, 0.25) is 0 Å². The second kappa shape index (κ2) is 7.88. The highest BCUT2D eigenvalue weighted by molar-refractivity contribution is 7.90. The summed E-state index contributed by atoms with van der Waals surface area (Å²) >= 11 is 0. The van der Waals surface area contributed by atoms with Gasteiger partial charge in [-0.3, -0.25) is 0 Å². The van der Waals surface area contributed by atoms with E-state index >= 15 is 0 Å². The van der Waals surface area contributed by atoms with Crippen molar-refractivity contribution >= 4 is 15.5 Å². The molecule has 0 amide bonds. The maximum absolute atomic E-state index is 11.6. The predicted molar refractivity (Wildman–Crippen MR) is 115 cm³/mol. The molecule has 1 saturated heterocycles. The Hall–Kier alpha value is -1.85. The lowest BCUT2D eigenvalue weighted by atomic mass is 10.0. The van der Waals surface area contributed by atoms with Gasteiger partial charge in [-0.1, -0.05) is 18.2 Å². The number of fused-ring (bicyclic) bond motifs is 1. The Balaban J connectivity index is 1.33. The lowest BCUT2D eigenvalue weighted by molar-refractivity contribution is 0.381. The van der Waals surface area contributed by atoms with Crippen LogP contribution in [-0.2, 0) is 22.7 Å². The van der Waals surface area contributed by atoms with Crippen LogP contribution in [0, 0.1) is 0 Å². The number of hydrogen-bond acceptors (Lipinski definition) is 4. The molecule has 1 N–H and O–H groups in total. The van der Waals surface area contributed by atoms with Crippen LogP contribution in [0.1, 0.15) is 48.9 Å². The summed E-state index contributed by atoms with van der Waals surface area (Å²) < 4.78 is 23.2. The molecule has 0 bridgehead atoms. The highest BCUT2D eigenvalue weighted by atomic mass is 32.2. The summed E-state index contributed by atoms with van der Waals surface area (Å²) in [6, 6.07) is 15.0. The Morgan fingerprint density at radius 2 is 1.68 bits per heavy atom. The number of piperidine rings is 1. The number of rotatable bonds is 5. The first-order chi connectivity index (χ1) is 13.4. The summed E-state index contributed by atoms with van der Waals surface area (Å²) in [6.45, 7) is 4.31. The molecule has 0 aromatic heterocycles. The Morgan fingerprint density at radius 3 is 2.36 bits per heavy atom. The second-order valence-electron chi connectivity index (χ2n) is 8.30. The van der Waals surface area contributed by atoms with Gasteiger partial charge in [0, 0.05) is 37.1 Å². The van der Waals surface area contributed by atoms with Crippen LogP contribution in [0.15, 0.2) is 47.4 Å². The Labute approximate surface area is 168 Å². The van der Waals surface area contributed by atoms with Gasteiger partial charge in [0.1, 0.15) is 0 Å². The lowest BCUT2D eigenvalue weighted by Crippen LogP contribution is -2.43. The van der Waals surface area contributed by atoms with Crippen molar-refractivity contribution in [2.45, 2.75) is 56.0 Å². The van der Waals surface area contributed by atoms with Crippen molar-refractivity contribution in [1.29, 1.82) is 0 Å². The van der Waals surface area contributed by atoms with Gasteiger partial charge in [-0.05, 0) is 80.0 Å². The molecule has 2 aliphatic rings. The molecule has 5 heteroatoms. The Bertz CT molecular complexity index is 930. The third-order valence-electron chi connectivity index (χ3n) is 6.24. The minimum absolute atomic E-state index is 0.213. The molecule has 1 aliphatic heterocycles. The molecule has 28 heavy (non-hydrogen) atoms. The first kappa shape index (κ1) is 19.5. The Morgan fingerprint density at radius 1 is 1.00 bits per heavy atom. The molecule has 0 saturated carbocycles. The maximum Gasteiger partial charge on any atom is 0.175 e. The molecule has 1 heterocycles. The summed E-state index contributed by atoms with van der Waals surface area (Å²) in [4.78, 5) is 2.90. The third kappa shape index (κ3) is 4.26. The molecule has 1 fully saturated rings. The van der Waals surface area contributed by atoms with E-state index in [0.29, 0.717) is 10.9 Å². The summed E-state index contributed by atoms with van der Waals surface area (Å²) in [5.74, 6) is 0. The lowest BCUT2D eigenvalue weighted by Gasteiger charge is -2.35. The van der Waals surface area contributed by atoms with E-state index in [-0.39, 0.29) is 6.04 Å².